The zero-order valence-corrected chi connectivity index (χ0v) is 11.5. The van der Waals surface area contributed by atoms with Crippen LogP contribution in [0.4, 0.5) is 5.69 Å². The van der Waals surface area contributed by atoms with Gasteiger partial charge < -0.3 is 10.1 Å². The fraction of sp³-hybridized carbons (Fsp3) is 0.0769. The monoisotopic (exact) mass is 296 g/mol. The zero-order valence-electron chi connectivity index (χ0n) is 9.98. The first-order chi connectivity index (χ1) is 9.13. The minimum Gasteiger partial charge on any atom is -0.494 e. The highest BCUT2D eigenvalue weighted by Gasteiger charge is 2.19. The lowest BCUT2D eigenvalue weighted by Gasteiger charge is -2.12. The Labute approximate surface area is 120 Å². The molecule has 0 radical (unpaired) electrons. The van der Waals surface area contributed by atoms with Gasteiger partial charge in [-0.3, -0.25) is 9.78 Å². The number of carbonyl (C=O) groups is 1. The van der Waals surface area contributed by atoms with Crippen LogP contribution < -0.4 is 10.1 Å². The van der Waals surface area contributed by atoms with Gasteiger partial charge in [0.15, 0.2) is 5.75 Å². The van der Waals surface area contributed by atoms with Crippen molar-refractivity contribution in [2.75, 3.05) is 12.4 Å². The van der Waals surface area contributed by atoms with Gasteiger partial charge in [0.2, 0.25) is 0 Å². The molecule has 0 aliphatic heterocycles. The van der Waals surface area contributed by atoms with Crippen molar-refractivity contribution in [3.8, 4) is 5.75 Å². The van der Waals surface area contributed by atoms with Crippen LogP contribution in [0.1, 0.15) is 10.4 Å². The molecule has 2 aromatic rings. The summed E-state index contributed by atoms with van der Waals surface area (Å²) in [5.74, 6) is -0.142. The number of benzene rings is 1. The largest absolute Gasteiger partial charge is 0.494 e. The maximum atomic E-state index is 12.2. The average Bonchev–Trinajstić information content (AvgIpc) is 2.42. The van der Waals surface area contributed by atoms with E-state index in [1.54, 1.807) is 36.7 Å². The standard InChI is InChI=1S/C13H10Cl2N2O2/c1-19-12-10(15)3-2-9(14)11(12)13(18)17-8-4-6-16-7-5-8/h2-7H,1H3,(H,16,17,18). The molecule has 1 aromatic carbocycles. The Balaban J connectivity index is 2.36. The number of pyridine rings is 1. The number of nitrogens with zero attached hydrogens (tertiary/aromatic N) is 1. The molecule has 19 heavy (non-hydrogen) atoms. The van der Waals surface area contributed by atoms with E-state index in [1.807, 2.05) is 0 Å². The number of rotatable bonds is 3. The van der Waals surface area contributed by atoms with Crippen molar-refractivity contribution in [2.45, 2.75) is 0 Å². The van der Waals surface area contributed by atoms with Gasteiger partial charge in [-0.1, -0.05) is 23.2 Å². The second kappa shape index (κ2) is 5.91. The van der Waals surface area contributed by atoms with Crippen molar-refractivity contribution in [3.05, 3.63) is 52.3 Å². The molecule has 0 spiro atoms. The van der Waals surface area contributed by atoms with Gasteiger partial charge in [-0.2, -0.15) is 0 Å². The van der Waals surface area contributed by atoms with Gasteiger partial charge in [0, 0.05) is 18.1 Å². The molecule has 98 valence electrons. The van der Waals surface area contributed by atoms with Crippen LogP contribution in [-0.4, -0.2) is 18.0 Å². The number of aromatic nitrogens is 1. The smallest absolute Gasteiger partial charge is 0.261 e. The molecule has 0 aliphatic carbocycles. The lowest BCUT2D eigenvalue weighted by Crippen LogP contribution is -2.14. The molecule has 4 nitrogen and oxygen atoms in total. The molecule has 0 bridgehead atoms. The third-order valence-electron chi connectivity index (χ3n) is 2.43. The highest BCUT2D eigenvalue weighted by molar-refractivity contribution is 6.37. The van der Waals surface area contributed by atoms with Crippen LogP contribution in [0.5, 0.6) is 5.75 Å². The molecular formula is C13H10Cl2N2O2. The van der Waals surface area contributed by atoms with Crippen molar-refractivity contribution < 1.29 is 9.53 Å². The molecule has 0 aliphatic rings. The molecule has 1 N–H and O–H groups in total. The van der Waals surface area contributed by atoms with E-state index in [9.17, 15) is 4.79 Å². The third-order valence-corrected chi connectivity index (χ3v) is 3.04. The summed E-state index contributed by atoms with van der Waals surface area (Å²) in [7, 11) is 1.43. The van der Waals surface area contributed by atoms with E-state index in [1.165, 1.54) is 7.11 Å². The Morgan fingerprint density at radius 3 is 2.42 bits per heavy atom. The van der Waals surface area contributed by atoms with Gasteiger partial charge in [-0.05, 0) is 24.3 Å². The van der Waals surface area contributed by atoms with Crippen LogP contribution in [0.25, 0.3) is 0 Å². The highest BCUT2D eigenvalue weighted by Crippen LogP contribution is 2.34. The van der Waals surface area contributed by atoms with Gasteiger partial charge in [-0.15, -0.1) is 0 Å². The second-order valence-electron chi connectivity index (χ2n) is 3.63. The van der Waals surface area contributed by atoms with Gasteiger partial charge in [0.1, 0.15) is 5.56 Å². The third kappa shape index (κ3) is 2.97. The van der Waals surface area contributed by atoms with Gasteiger partial charge in [0.25, 0.3) is 5.91 Å². The second-order valence-corrected chi connectivity index (χ2v) is 4.44. The minimum absolute atomic E-state index is 0.202. The molecule has 0 unspecified atom stereocenters. The van der Waals surface area contributed by atoms with Crippen LogP contribution in [0.15, 0.2) is 36.7 Å². The molecule has 1 aromatic heterocycles. The number of ether oxygens (including phenoxy) is 1. The summed E-state index contributed by atoms with van der Waals surface area (Å²) in [5.41, 5.74) is 0.812. The number of amides is 1. The average molecular weight is 297 g/mol. The first kappa shape index (κ1) is 13.6. The van der Waals surface area contributed by atoms with E-state index in [2.05, 4.69) is 10.3 Å². The van der Waals surface area contributed by atoms with E-state index >= 15 is 0 Å². The van der Waals surface area contributed by atoms with E-state index < -0.39 is 5.91 Å². The summed E-state index contributed by atoms with van der Waals surface area (Å²) < 4.78 is 5.13. The first-order valence-corrected chi connectivity index (χ1v) is 6.12. The van der Waals surface area contributed by atoms with E-state index in [0.29, 0.717) is 10.7 Å². The molecule has 0 fully saturated rings. The van der Waals surface area contributed by atoms with Crippen molar-refractivity contribution in [1.29, 1.82) is 0 Å². The summed E-state index contributed by atoms with van der Waals surface area (Å²) in [6.07, 6.45) is 3.15. The van der Waals surface area contributed by atoms with Crippen LogP contribution in [0.2, 0.25) is 10.0 Å². The Hall–Kier alpha value is -1.78. The Morgan fingerprint density at radius 2 is 1.79 bits per heavy atom. The van der Waals surface area contributed by atoms with Crippen LogP contribution in [0.3, 0.4) is 0 Å². The molecule has 0 saturated carbocycles. The minimum atomic E-state index is -0.393. The Kier molecular flexibility index (Phi) is 4.24. The van der Waals surface area contributed by atoms with Crippen LogP contribution in [-0.2, 0) is 0 Å². The molecular weight excluding hydrogens is 287 g/mol. The fourth-order valence-corrected chi connectivity index (χ4v) is 2.04. The van der Waals surface area contributed by atoms with Crippen molar-refractivity contribution >= 4 is 34.8 Å². The van der Waals surface area contributed by atoms with E-state index in [-0.39, 0.29) is 16.3 Å². The van der Waals surface area contributed by atoms with Crippen molar-refractivity contribution in [2.24, 2.45) is 0 Å². The molecule has 6 heteroatoms. The quantitative estimate of drug-likeness (QED) is 0.940. The topological polar surface area (TPSA) is 51.2 Å². The van der Waals surface area contributed by atoms with Gasteiger partial charge >= 0.3 is 0 Å². The molecule has 0 saturated heterocycles. The fourth-order valence-electron chi connectivity index (χ4n) is 1.57. The number of anilines is 1. The zero-order chi connectivity index (χ0) is 13.8. The number of nitrogens with one attached hydrogen (secondary N) is 1. The maximum absolute atomic E-state index is 12.2. The van der Waals surface area contributed by atoms with Crippen LogP contribution in [0, 0.1) is 0 Å². The molecule has 2 rings (SSSR count). The molecule has 1 heterocycles. The summed E-state index contributed by atoms with van der Waals surface area (Å²) in [4.78, 5) is 16.1. The Morgan fingerprint density at radius 1 is 1.16 bits per heavy atom. The summed E-state index contributed by atoms with van der Waals surface area (Å²) >= 11 is 12.0. The van der Waals surface area contributed by atoms with Gasteiger partial charge in [0.05, 0.1) is 17.2 Å². The van der Waals surface area contributed by atoms with Gasteiger partial charge in [-0.25, -0.2) is 0 Å². The van der Waals surface area contributed by atoms with E-state index in [0.717, 1.165) is 0 Å². The lowest BCUT2D eigenvalue weighted by molar-refractivity contribution is 0.102. The summed E-state index contributed by atoms with van der Waals surface area (Å²) in [6, 6.07) is 6.46. The number of hydrogen-bond donors (Lipinski definition) is 1. The van der Waals surface area contributed by atoms with Crippen molar-refractivity contribution in [1.82, 2.24) is 4.98 Å². The lowest BCUT2D eigenvalue weighted by atomic mass is 10.1. The van der Waals surface area contributed by atoms with Crippen molar-refractivity contribution in [3.63, 3.8) is 0 Å². The van der Waals surface area contributed by atoms with Crippen LogP contribution >= 0.6 is 23.2 Å². The SMILES string of the molecule is COc1c(Cl)ccc(Cl)c1C(=O)Nc1ccncc1. The number of methoxy groups -OCH3 is 1. The Bertz CT molecular complexity index is 603. The summed E-state index contributed by atoms with van der Waals surface area (Å²) in [5, 5.41) is 3.30. The predicted molar refractivity (Wildman–Crippen MR) is 75.2 cm³/mol. The maximum Gasteiger partial charge on any atom is 0.261 e. The predicted octanol–water partition coefficient (Wildman–Crippen LogP) is 3.65. The number of halogens is 2. The van der Waals surface area contributed by atoms with E-state index in [4.69, 9.17) is 27.9 Å². The molecule has 1 amide bonds. The first-order valence-electron chi connectivity index (χ1n) is 5.37. The molecule has 0 atom stereocenters. The normalized spacial score (nSPS) is 10.1. The highest BCUT2D eigenvalue weighted by atomic mass is 35.5. The number of carbonyl (C=O) groups excluding carboxylic acids is 1. The number of hydrogen-bond acceptors (Lipinski definition) is 3. The summed E-state index contributed by atoms with van der Waals surface area (Å²) in [6.45, 7) is 0.